The van der Waals surface area contributed by atoms with E-state index < -0.39 is 6.00 Å². The van der Waals surface area contributed by atoms with Gasteiger partial charge in [-0.05, 0) is 12.5 Å². The van der Waals surface area contributed by atoms with Gasteiger partial charge in [0.2, 0.25) is 0 Å². The van der Waals surface area contributed by atoms with Crippen molar-refractivity contribution in [3.05, 3.63) is 12.7 Å². The summed E-state index contributed by atoms with van der Waals surface area (Å²) < 4.78 is 0. The van der Waals surface area contributed by atoms with Gasteiger partial charge < -0.3 is 0 Å². The molecule has 4 heteroatoms. The van der Waals surface area contributed by atoms with Crippen LogP contribution in [0.4, 0.5) is 0 Å². The summed E-state index contributed by atoms with van der Waals surface area (Å²) in [6, 6.07) is -1.65. The topological polar surface area (TPSA) is 0 Å². The fourth-order valence-corrected chi connectivity index (χ4v) is 1.78. The highest BCUT2D eigenvalue weighted by Gasteiger charge is 2.22. The Hall–Kier alpha value is 0.827. The maximum absolute atomic E-state index is 5.53. The number of halogens is 3. The molecule has 0 unspecified atom stereocenters. The van der Waals surface area contributed by atoms with Crippen molar-refractivity contribution in [3.63, 3.8) is 0 Å². The van der Waals surface area contributed by atoms with Crippen LogP contribution in [0.2, 0.25) is 6.04 Å². The van der Waals surface area contributed by atoms with Crippen LogP contribution < -0.4 is 0 Å². The van der Waals surface area contributed by atoms with Crippen molar-refractivity contribution in [2.45, 2.75) is 12.5 Å². The van der Waals surface area contributed by atoms with Crippen molar-refractivity contribution in [1.82, 2.24) is 0 Å². The smallest absolute Gasteiger partial charge is 0.126 e. The Balaban J connectivity index is 3.24. The van der Waals surface area contributed by atoms with Gasteiger partial charge in [-0.15, -0.1) is 39.8 Å². The molecule has 8 heavy (non-hydrogen) atoms. The molecule has 48 valence electrons. The normalized spacial score (nSPS) is 11.4. The fourth-order valence-electron chi connectivity index (χ4n) is 0.266. The van der Waals surface area contributed by atoms with Crippen LogP contribution in [0.5, 0.6) is 0 Å². The minimum Gasteiger partial charge on any atom is -0.126 e. The molecule has 0 aromatic rings. The Bertz CT molecular complexity index is 75.8. The van der Waals surface area contributed by atoms with E-state index in [0.717, 1.165) is 6.42 Å². The third-order valence-electron chi connectivity index (χ3n) is 0.632. The van der Waals surface area contributed by atoms with E-state index in [0.29, 0.717) is 6.04 Å². The fraction of sp³-hybridized carbons (Fsp3) is 0.500. The maximum Gasteiger partial charge on any atom is 0.341 e. The van der Waals surface area contributed by atoms with Crippen LogP contribution in [0.15, 0.2) is 12.7 Å². The summed E-state index contributed by atoms with van der Waals surface area (Å²) in [5, 5.41) is 0. The average Bonchev–Trinajstić information content (AvgIpc) is 1.59. The SMILES string of the molecule is C=CCC[Si](Cl)(Cl)Cl. The lowest BCUT2D eigenvalue weighted by Crippen LogP contribution is -2.06. The Kier molecular flexibility index (Phi) is 4.17. The molecule has 0 radical (unpaired) electrons. The van der Waals surface area contributed by atoms with E-state index in [1.165, 1.54) is 0 Å². The van der Waals surface area contributed by atoms with Gasteiger partial charge in [0, 0.05) is 0 Å². The van der Waals surface area contributed by atoms with E-state index in [4.69, 9.17) is 33.2 Å². The third-order valence-corrected chi connectivity index (χ3v) is 3.19. The molecule has 0 rings (SSSR count). The van der Waals surface area contributed by atoms with Crippen LogP contribution >= 0.6 is 33.2 Å². The monoisotopic (exact) mass is 188 g/mol. The van der Waals surface area contributed by atoms with E-state index >= 15 is 0 Å². The molecule has 0 aliphatic heterocycles. The summed E-state index contributed by atoms with van der Waals surface area (Å²) in [4.78, 5) is 0. The first-order valence-electron chi connectivity index (χ1n) is 2.24. The highest BCUT2D eigenvalue weighted by Crippen LogP contribution is 2.26. The van der Waals surface area contributed by atoms with Crippen LogP contribution in [0, 0.1) is 0 Å². The van der Waals surface area contributed by atoms with Gasteiger partial charge in [0.1, 0.15) is 0 Å². The van der Waals surface area contributed by atoms with Gasteiger partial charge in [0.05, 0.1) is 0 Å². The zero-order valence-corrected chi connectivity index (χ0v) is 7.60. The first-order valence-corrected chi connectivity index (χ1v) is 7.48. The van der Waals surface area contributed by atoms with E-state index in [-0.39, 0.29) is 0 Å². The van der Waals surface area contributed by atoms with Crippen LogP contribution in [0.25, 0.3) is 0 Å². The minimum absolute atomic E-state index is 0.682. The molecule has 0 N–H and O–H groups in total. The maximum atomic E-state index is 5.53. The zero-order valence-electron chi connectivity index (χ0n) is 4.33. The minimum atomic E-state index is -2.33. The average molecular weight is 190 g/mol. The van der Waals surface area contributed by atoms with Gasteiger partial charge in [0.15, 0.2) is 0 Å². The largest absolute Gasteiger partial charge is 0.341 e. The Morgan fingerprint density at radius 2 is 1.88 bits per heavy atom. The van der Waals surface area contributed by atoms with E-state index in [1.807, 2.05) is 0 Å². The first-order chi connectivity index (χ1) is 3.56. The van der Waals surface area contributed by atoms with Gasteiger partial charge in [-0.1, -0.05) is 6.08 Å². The molecule has 0 aliphatic rings. The molecular formula is C4H7Cl3Si. The van der Waals surface area contributed by atoms with Crippen molar-refractivity contribution < 1.29 is 0 Å². The van der Waals surface area contributed by atoms with E-state index in [2.05, 4.69) is 6.58 Å². The summed E-state index contributed by atoms with van der Waals surface area (Å²) >= 11 is 16.6. The second kappa shape index (κ2) is 3.78. The Labute approximate surface area is 64.6 Å². The lowest BCUT2D eigenvalue weighted by molar-refractivity contribution is 1.21. The molecule has 0 spiro atoms. The highest BCUT2D eigenvalue weighted by atomic mass is 35.8. The standard InChI is InChI=1S/C4H7Cl3Si/c1-2-3-4-8(5,6)7/h2H,1,3-4H2. The highest BCUT2D eigenvalue weighted by molar-refractivity contribution is 7.64. The van der Waals surface area contributed by atoms with Gasteiger partial charge in [-0.25, -0.2) is 0 Å². The number of hydrogen-bond donors (Lipinski definition) is 0. The molecule has 0 saturated carbocycles. The number of rotatable bonds is 3. The second-order valence-electron chi connectivity index (χ2n) is 1.44. The molecule has 0 saturated heterocycles. The predicted molar refractivity (Wildman–Crippen MR) is 42.9 cm³/mol. The first kappa shape index (κ1) is 8.83. The van der Waals surface area contributed by atoms with Crippen LogP contribution in [-0.2, 0) is 0 Å². The van der Waals surface area contributed by atoms with Gasteiger partial charge >= 0.3 is 6.00 Å². The van der Waals surface area contributed by atoms with Crippen LogP contribution in [0.1, 0.15) is 6.42 Å². The molecule has 0 bridgehead atoms. The molecule has 0 fully saturated rings. The van der Waals surface area contributed by atoms with Crippen LogP contribution in [-0.4, -0.2) is 6.00 Å². The van der Waals surface area contributed by atoms with Gasteiger partial charge in [0.25, 0.3) is 0 Å². The van der Waals surface area contributed by atoms with Crippen molar-refractivity contribution in [2.24, 2.45) is 0 Å². The van der Waals surface area contributed by atoms with E-state index in [9.17, 15) is 0 Å². The Morgan fingerprint density at radius 1 is 1.38 bits per heavy atom. The van der Waals surface area contributed by atoms with Crippen molar-refractivity contribution in [2.75, 3.05) is 0 Å². The summed E-state index contributed by atoms with van der Waals surface area (Å²) in [7, 11) is 0. The number of hydrogen-bond acceptors (Lipinski definition) is 0. The molecule has 0 amide bonds. The summed E-state index contributed by atoms with van der Waals surface area (Å²) in [6.07, 6.45) is 2.57. The molecule has 0 nitrogen and oxygen atoms in total. The Morgan fingerprint density at radius 3 is 2.00 bits per heavy atom. The lowest BCUT2D eigenvalue weighted by atomic mass is 10.5. The molecule has 0 aliphatic carbocycles. The lowest BCUT2D eigenvalue weighted by Gasteiger charge is -2.02. The quantitative estimate of drug-likeness (QED) is 0.363. The molecule has 0 aromatic carbocycles. The van der Waals surface area contributed by atoms with Crippen molar-refractivity contribution >= 4 is 39.2 Å². The van der Waals surface area contributed by atoms with E-state index in [1.54, 1.807) is 6.08 Å². The van der Waals surface area contributed by atoms with Gasteiger partial charge in [-0.2, -0.15) is 0 Å². The number of allylic oxidation sites excluding steroid dienone is 1. The molecule has 0 atom stereocenters. The van der Waals surface area contributed by atoms with Gasteiger partial charge in [-0.3, -0.25) is 0 Å². The third kappa shape index (κ3) is 6.83. The molecule has 0 heterocycles. The van der Waals surface area contributed by atoms with Crippen LogP contribution in [0.3, 0.4) is 0 Å². The molecular weight excluding hydrogens is 182 g/mol. The second-order valence-corrected chi connectivity index (χ2v) is 10.7. The van der Waals surface area contributed by atoms with Crippen molar-refractivity contribution in [1.29, 1.82) is 0 Å². The predicted octanol–water partition coefficient (Wildman–Crippen LogP) is 3.22. The summed E-state index contributed by atoms with van der Waals surface area (Å²) in [5.41, 5.74) is 0. The zero-order chi connectivity index (χ0) is 6.62. The molecule has 0 aromatic heterocycles. The summed E-state index contributed by atoms with van der Waals surface area (Å²) in [5.74, 6) is 0. The van der Waals surface area contributed by atoms with Crippen molar-refractivity contribution in [3.8, 4) is 0 Å². The summed E-state index contributed by atoms with van der Waals surface area (Å²) in [6.45, 7) is 3.51.